The van der Waals surface area contributed by atoms with Crippen molar-refractivity contribution in [3.63, 3.8) is 0 Å². The molecule has 0 fully saturated rings. The lowest BCUT2D eigenvalue weighted by molar-refractivity contribution is -0.136. The summed E-state index contributed by atoms with van der Waals surface area (Å²) in [4.78, 5) is 22.7. The third-order valence-corrected chi connectivity index (χ3v) is 5.12. The molecule has 2 rings (SSSR count). The van der Waals surface area contributed by atoms with E-state index in [1.165, 1.54) is 30.3 Å². The molecule has 0 bridgehead atoms. The normalized spacial score (nSPS) is 11.6. The molecule has 0 aromatic heterocycles. The molecule has 2 aromatic carbocycles. The molecule has 0 aliphatic carbocycles. The van der Waals surface area contributed by atoms with Gasteiger partial charge in [-0.05, 0) is 36.3 Å². The topological polar surface area (TPSA) is 101 Å². The highest BCUT2D eigenvalue weighted by atomic mass is 32.2. The van der Waals surface area contributed by atoms with Crippen molar-refractivity contribution in [1.29, 1.82) is 0 Å². The van der Waals surface area contributed by atoms with Gasteiger partial charge in [-0.2, -0.15) is 0 Å². The lowest BCUT2D eigenvalue weighted by Crippen LogP contribution is -2.26. The quantitative estimate of drug-likeness (QED) is 0.547. The summed E-state index contributed by atoms with van der Waals surface area (Å²) in [6, 6.07) is 13.2. The van der Waals surface area contributed by atoms with Crippen molar-refractivity contribution in [2.45, 2.75) is 18.2 Å². The van der Waals surface area contributed by atoms with Crippen LogP contribution >= 0.6 is 0 Å². The zero-order valence-corrected chi connectivity index (χ0v) is 15.0. The Kier molecular flexibility index (Phi) is 6.43. The van der Waals surface area contributed by atoms with Gasteiger partial charge in [-0.1, -0.05) is 42.5 Å². The second-order valence-corrected chi connectivity index (χ2v) is 7.39. The van der Waals surface area contributed by atoms with Crippen LogP contribution in [-0.4, -0.2) is 31.8 Å². The molecule has 0 amide bonds. The van der Waals surface area contributed by atoms with Crippen LogP contribution in [0.4, 0.5) is 0 Å². The molecular weight excluding hydrogens is 354 g/mol. The number of sulfonamides is 1. The standard InChI is InChI=1S/C19H19NO5S/c1-14-5-2-3-6-15(14)9-10-18(21)16-7-4-8-17(13-16)26(24,25)20-12-11-19(22)23/h2-10,13,20H,11-12H2,1H3,(H,22,23). The first-order valence-electron chi connectivity index (χ1n) is 7.89. The number of aryl methyl sites for hydroxylation is 1. The molecule has 0 saturated heterocycles. The van der Waals surface area contributed by atoms with Gasteiger partial charge in [0, 0.05) is 12.1 Å². The number of aliphatic carboxylic acids is 1. The van der Waals surface area contributed by atoms with E-state index in [9.17, 15) is 18.0 Å². The average molecular weight is 373 g/mol. The van der Waals surface area contributed by atoms with Crippen LogP contribution in [0.3, 0.4) is 0 Å². The van der Waals surface area contributed by atoms with Gasteiger partial charge < -0.3 is 5.11 Å². The molecule has 0 atom stereocenters. The summed E-state index contributed by atoms with van der Waals surface area (Å²) in [6.07, 6.45) is 2.76. The van der Waals surface area contributed by atoms with Gasteiger partial charge in [0.15, 0.2) is 5.78 Å². The van der Waals surface area contributed by atoms with Crippen LogP contribution in [0.25, 0.3) is 6.08 Å². The second kappa shape index (κ2) is 8.55. The van der Waals surface area contributed by atoms with Crippen molar-refractivity contribution >= 4 is 27.9 Å². The van der Waals surface area contributed by atoms with Crippen LogP contribution in [-0.2, 0) is 14.8 Å². The smallest absolute Gasteiger partial charge is 0.304 e. The number of hydrogen-bond acceptors (Lipinski definition) is 4. The first-order valence-corrected chi connectivity index (χ1v) is 9.37. The fourth-order valence-corrected chi connectivity index (χ4v) is 3.30. The number of carbonyl (C=O) groups is 2. The highest BCUT2D eigenvalue weighted by molar-refractivity contribution is 7.89. The summed E-state index contributed by atoms with van der Waals surface area (Å²) in [5.41, 5.74) is 2.16. The molecule has 136 valence electrons. The van der Waals surface area contributed by atoms with E-state index in [2.05, 4.69) is 4.72 Å². The predicted molar refractivity (Wildman–Crippen MR) is 98.4 cm³/mol. The van der Waals surface area contributed by atoms with Crippen molar-refractivity contribution in [3.8, 4) is 0 Å². The van der Waals surface area contributed by atoms with Crippen molar-refractivity contribution in [3.05, 3.63) is 71.3 Å². The van der Waals surface area contributed by atoms with Crippen molar-refractivity contribution < 1.29 is 23.1 Å². The molecular formula is C19H19NO5S. The largest absolute Gasteiger partial charge is 0.481 e. The zero-order valence-electron chi connectivity index (χ0n) is 14.2. The van der Waals surface area contributed by atoms with Crippen LogP contribution < -0.4 is 4.72 Å². The lowest BCUT2D eigenvalue weighted by atomic mass is 10.1. The van der Waals surface area contributed by atoms with Gasteiger partial charge in [0.25, 0.3) is 0 Å². The predicted octanol–water partition coefficient (Wildman–Crippen LogP) is 2.64. The molecule has 0 heterocycles. The highest BCUT2D eigenvalue weighted by Crippen LogP contribution is 2.14. The molecule has 7 heteroatoms. The number of allylic oxidation sites excluding steroid dienone is 1. The van der Waals surface area contributed by atoms with Crippen LogP contribution in [0.15, 0.2) is 59.5 Å². The summed E-state index contributed by atoms with van der Waals surface area (Å²) in [7, 11) is -3.88. The Hall–Kier alpha value is -2.77. The Labute approximate surface area is 152 Å². The molecule has 0 unspecified atom stereocenters. The summed E-state index contributed by atoms with van der Waals surface area (Å²) in [6.45, 7) is 1.71. The van der Waals surface area contributed by atoms with Gasteiger partial charge in [0.1, 0.15) is 0 Å². The van der Waals surface area contributed by atoms with Crippen molar-refractivity contribution in [2.75, 3.05) is 6.54 Å². The molecule has 0 aliphatic rings. The Morgan fingerprint density at radius 3 is 2.54 bits per heavy atom. The van der Waals surface area contributed by atoms with Crippen LogP contribution in [0, 0.1) is 6.92 Å². The summed E-state index contributed by atoms with van der Waals surface area (Å²) in [5, 5.41) is 8.58. The van der Waals surface area contributed by atoms with E-state index in [-0.39, 0.29) is 29.2 Å². The van der Waals surface area contributed by atoms with Crippen LogP contribution in [0.5, 0.6) is 0 Å². The average Bonchev–Trinajstić information content (AvgIpc) is 2.60. The maximum Gasteiger partial charge on any atom is 0.304 e. The van der Waals surface area contributed by atoms with E-state index < -0.39 is 16.0 Å². The molecule has 0 spiro atoms. The SMILES string of the molecule is Cc1ccccc1C=CC(=O)c1cccc(S(=O)(=O)NCCC(=O)O)c1. The van der Waals surface area contributed by atoms with Gasteiger partial charge in [0.05, 0.1) is 11.3 Å². The minimum absolute atomic E-state index is 0.0852. The number of rotatable bonds is 8. The molecule has 26 heavy (non-hydrogen) atoms. The molecule has 0 saturated carbocycles. The summed E-state index contributed by atoms with van der Waals surface area (Å²) >= 11 is 0. The molecule has 0 aliphatic heterocycles. The van der Waals surface area contributed by atoms with Gasteiger partial charge in [-0.15, -0.1) is 0 Å². The zero-order chi connectivity index (χ0) is 19.2. The maximum atomic E-state index is 12.3. The van der Waals surface area contributed by atoms with E-state index in [4.69, 9.17) is 5.11 Å². The van der Waals surface area contributed by atoms with E-state index in [1.807, 2.05) is 31.2 Å². The van der Waals surface area contributed by atoms with E-state index in [0.29, 0.717) is 0 Å². The van der Waals surface area contributed by atoms with Gasteiger partial charge in [0.2, 0.25) is 10.0 Å². The fourth-order valence-electron chi connectivity index (χ4n) is 2.23. The number of nitrogens with one attached hydrogen (secondary N) is 1. The van der Waals surface area contributed by atoms with E-state index in [0.717, 1.165) is 11.1 Å². The summed E-state index contributed by atoms with van der Waals surface area (Å²) < 4.78 is 26.6. The second-order valence-electron chi connectivity index (χ2n) is 5.62. The van der Waals surface area contributed by atoms with E-state index >= 15 is 0 Å². The Bertz CT molecular complexity index is 948. The molecule has 2 N–H and O–H groups in total. The minimum atomic E-state index is -3.88. The van der Waals surface area contributed by atoms with Crippen molar-refractivity contribution in [1.82, 2.24) is 4.72 Å². The fraction of sp³-hybridized carbons (Fsp3) is 0.158. The highest BCUT2D eigenvalue weighted by Gasteiger charge is 2.15. The number of hydrogen-bond donors (Lipinski definition) is 2. The number of carboxylic acids is 1. The number of carbonyl (C=O) groups excluding carboxylic acids is 1. The number of benzene rings is 2. The first kappa shape index (κ1) is 19.6. The maximum absolute atomic E-state index is 12.3. The Morgan fingerprint density at radius 1 is 1.12 bits per heavy atom. The third-order valence-electron chi connectivity index (χ3n) is 3.66. The monoisotopic (exact) mass is 373 g/mol. The molecule has 6 nitrogen and oxygen atoms in total. The number of ketones is 1. The molecule has 0 radical (unpaired) electrons. The lowest BCUT2D eigenvalue weighted by Gasteiger charge is -2.06. The van der Waals surface area contributed by atoms with Crippen LogP contribution in [0.1, 0.15) is 27.9 Å². The third kappa shape index (κ3) is 5.37. The molecule has 2 aromatic rings. The summed E-state index contributed by atoms with van der Waals surface area (Å²) in [5.74, 6) is -1.42. The Morgan fingerprint density at radius 2 is 1.85 bits per heavy atom. The minimum Gasteiger partial charge on any atom is -0.481 e. The number of carboxylic acid groups (broad SMARTS) is 1. The van der Waals surface area contributed by atoms with Gasteiger partial charge >= 0.3 is 5.97 Å². The van der Waals surface area contributed by atoms with Crippen LogP contribution in [0.2, 0.25) is 0 Å². The van der Waals surface area contributed by atoms with Crippen molar-refractivity contribution in [2.24, 2.45) is 0 Å². The van der Waals surface area contributed by atoms with Gasteiger partial charge in [-0.3, -0.25) is 9.59 Å². The van der Waals surface area contributed by atoms with E-state index in [1.54, 1.807) is 6.08 Å². The first-order chi connectivity index (χ1) is 12.3. The Balaban J connectivity index is 2.16. The van der Waals surface area contributed by atoms with Gasteiger partial charge in [-0.25, -0.2) is 13.1 Å².